The van der Waals surface area contributed by atoms with Gasteiger partial charge in [-0.25, -0.2) is 4.98 Å². The van der Waals surface area contributed by atoms with Crippen molar-refractivity contribution < 1.29 is 0 Å². The fourth-order valence-electron chi connectivity index (χ4n) is 2.61. The third-order valence-corrected chi connectivity index (χ3v) is 4.54. The summed E-state index contributed by atoms with van der Waals surface area (Å²) in [4.78, 5) is 22.5. The largest absolute Gasteiger partial charge is 0.364 e. The van der Waals surface area contributed by atoms with Gasteiger partial charge in [0.15, 0.2) is 0 Å². The van der Waals surface area contributed by atoms with Crippen molar-refractivity contribution >= 4 is 16.9 Å². The Kier molecular flexibility index (Phi) is 6.92. The first-order valence-electron chi connectivity index (χ1n) is 8.65. The number of thiazole rings is 1. The predicted molar refractivity (Wildman–Crippen MR) is 113 cm³/mol. The van der Waals surface area contributed by atoms with Crippen LogP contribution in [0.25, 0.3) is 27.4 Å². The molecule has 0 aromatic carbocycles. The lowest BCUT2D eigenvalue weighted by Gasteiger charge is -2.03. The van der Waals surface area contributed by atoms with Crippen molar-refractivity contribution in [3.8, 4) is 21.8 Å². The van der Waals surface area contributed by atoms with Gasteiger partial charge in [-0.1, -0.05) is 39.0 Å². The van der Waals surface area contributed by atoms with E-state index in [0.717, 1.165) is 33.1 Å². The SMILES string of the molecule is C=C/C=C(/C)c1c(-c2csc(-c3ccc[nH]c3=O)n2)c[nH]c1C.CCC. The van der Waals surface area contributed by atoms with Gasteiger partial charge in [0.25, 0.3) is 5.56 Å². The van der Waals surface area contributed by atoms with E-state index in [2.05, 4.69) is 42.3 Å². The van der Waals surface area contributed by atoms with Crippen LogP contribution in [0.5, 0.6) is 0 Å². The summed E-state index contributed by atoms with van der Waals surface area (Å²) in [5, 5.41) is 2.70. The molecule has 0 unspecified atom stereocenters. The minimum absolute atomic E-state index is 0.124. The number of allylic oxidation sites excluding steroid dienone is 3. The van der Waals surface area contributed by atoms with E-state index < -0.39 is 0 Å². The molecule has 0 saturated carbocycles. The van der Waals surface area contributed by atoms with Gasteiger partial charge in [-0.3, -0.25) is 4.79 Å². The summed E-state index contributed by atoms with van der Waals surface area (Å²) >= 11 is 1.47. The molecule has 2 N–H and O–H groups in total. The van der Waals surface area contributed by atoms with Crippen LogP contribution in [0.4, 0.5) is 0 Å². The standard InChI is InChI=1S/C18H17N3OS.C3H8/c1-4-6-11(2)16-12(3)20-9-14(16)15-10-23-18(21-15)13-7-5-8-19-17(13)22;1-3-2/h4-10,20H,1H2,2-3H3,(H,19,22);3H2,1-2H3/b11-6-;. The third kappa shape index (κ3) is 4.29. The number of nitrogens with zero attached hydrogens (tertiary/aromatic N) is 1. The van der Waals surface area contributed by atoms with Gasteiger partial charge in [0.2, 0.25) is 0 Å². The van der Waals surface area contributed by atoms with Gasteiger partial charge in [-0.15, -0.1) is 11.3 Å². The zero-order chi connectivity index (χ0) is 19.1. The quantitative estimate of drug-likeness (QED) is 0.572. The second kappa shape index (κ2) is 9.15. The Morgan fingerprint density at radius 3 is 2.69 bits per heavy atom. The van der Waals surface area contributed by atoms with Crippen molar-refractivity contribution in [1.29, 1.82) is 0 Å². The molecule has 136 valence electrons. The Morgan fingerprint density at radius 1 is 1.31 bits per heavy atom. The smallest absolute Gasteiger partial charge is 0.258 e. The molecule has 0 bridgehead atoms. The molecule has 0 radical (unpaired) electrons. The van der Waals surface area contributed by atoms with Crippen molar-refractivity contribution in [2.24, 2.45) is 0 Å². The van der Waals surface area contributed by atoms with E-state index >= 15 is 0 Å². The van der Waals surface area contributed by atoms with Crippen LogP contribution in [-0.4, -0.2) is 15.0 Å². The van der Waals surface area contributed by atoms with Gasteiger partial charge in [0.1, 0.15) is 5.01 Å². The molecule has 0 saturated heterocycles. The van der Waals surface area contributed by atoms with E-state index in [4.69, 9.17) is 0 Å². The molecule has 4 nitrogen and oxygen atoms in total. The van der Waals surface area contributed by atoms with Gasteiger partial charge >= 0.3 is 0 Å². The number of pyridine rings is 1. The lowest BCUT2D eigenvalue weighted by molar-refractivity contribution is 1.09. The van der Waals surface area contributed by atoms with Gasteiger partial charge in [-0.05, 0) is 31.6 Å². The minimum atomic E-state index is -0.124. The fraction of sp³-hybridized carbons (Fsp3) is 0.238. The first-order valence-corrected chi connectivity index (χ1v) is 9.53. The number of aryl methyl sites for hydroxylation is 1. The summed E-state index contributed by atoms with van der Waals surface area (Å²) in [6.07, 6.45) is 8.59. The van der Waals surface area contributed by atoms with E-state index in [9.17, 15) is 4.79 Å². The van der Waals surface area contributed by atoms with Crippen LogP contribution >= 0.6 is 11.3 Å². The van der Waals surface area contributed by atoms with Crippen LogP contribution < -0.4 is 5.56 Å². The summed E-state index contributed by atoms with van der Waals surface area (Å²) < 4.78 is 0. The zero-order valence-corrected chi connectivity index (χ0v) is 16.5. The van der Waals surface area contributed by atoms with E-state index in [1.54, 1.807) is 24.4 Å². The Morgan fingerprint density at radius 2 is 2.04 bits per heavy atom. The van der Waals surface area contributed by atoms with Crippen LogP contribution in [0.2, 0.25) is 0 Å². The van der Waals surface area contributed by atoms with Gasteiger partial charge in [-0.2, -0.15) is 0 Å². The first-order chi connectivity index (χ1) is 12.5. The Hall–Kier alpha value is -2.66. The molecule has 0 aliphatic heterocycles. The van der Waals surface area contributed by atoms with Gasteiger partial charge in [0, 0.05) is 34.6 Å². The van der Waals surface area contributed by atoms with Crippen LogP contribution in [0.1, 0.15) is 38.4 Å². The number of aromatic amines is 2. The molecule has 3 aromatic rings. The topological polar surface area (TPSA) is 61.5 Å². The number of rotatable bonds is 4. The number of H-pyrrole nitrogens is 2. The second-order valence-electron chi connectivity index (χ2n) is 5.95. The lowest BCUT2D eigenvalue weighted by atomic mass is 10.0. The van der Waals surface area contributed by atoms with Crippen LogP contribution in [0, 0.1) is 6.92 Å². The summed E-state index contributed by atoms with van der Waals surface area (Å²) in [6.45, 7) is 12.1. The van der Waals surface area contributed by atoms with Crippen molar-refractivity contribution in [2.45, 2.75) is 34.1 Å². The first kappa shape index (κ1) is 19.7. The van der Waals surface area contributed by atoms with E-state index in [-0.39, 0.29) is 5.56 Å². The number of hydrogen-bond donors (Lipinski definition) is 2. The third-order valence-electron chi connectivity index (χ3n) is 3.67. The summed E-state index contributed by atoms with van der Waals surface area (Å²) in [6, 6.07) is 3.59. The average Bonchev–Trinajstić information content (AvgIpc) is 3.23. The van der Waals surface area contributed by atoms with Crippen molar-refractivity contribution in [3.05, 3.63) is 70.2 Å². The van der Waals surface area contributed by atoms with Crippen molar-refractivity contribution in [3.63, 3.8) is 0 Å². The minimum Gasteiger partial charge on any atom is -0.364 e. The predicted octanol–water partition coefficient (Wildman–Crippen LogP) is 5.81. The molecule has 0 aliphatic carbocycles. The molecule has 3 heterocycles. The molecule has 0 fully saturated rings. The molecule has 0 atom stereocenters. The summed E-state index contributed by atoms with van der Waals surface area (Å²) in [5.74, 6) is 0. The second-order valence-corrected chi connectivity index (χ2v) is 6.80. The maximum absolute atomic E-state index is 11.9. The monoisotopic (exact) mass is 367 g/mol. The Labute approximate surface area is 158 Å². The highest BCUT2D eigenvalue weighted by atomic mass is 32.1. The molecule has 3 rings (SSSR count). The van der Waals surface area contributed by atoms with Crippen LogP contribution in [0.3, 0.4) is 0 Å². The Balaban J connectivity index is 0.000000758. The number of hydrogen-bond acceptors (Lipinski definition) is 3. The normalized spacial score (nSPS) is 11.0. The molecule has 26 heavy (non-hydrogen) atoms. The molecule has 3 aromatic heterocycles. The summed E-state index contributed by atoms with van der Waals surface area (Å²) in [7, 11) is 0. The van der Waals surface area contributed by atoms with Crippen LogP contribution in [0.15, 0.2) is 53.4 Å². The number of nitrogens with one attached hydrogen (secondary N) is 2. The molecule has 0 spiro atoms. The van der Waals surface area contributed by atoms with Crippen molar-refractivity contribution in [1.82, 2.24) is 15.0 Å². The summed E-state index contributed by atoms with van der Waals surface area (Å²) in [5.41, 5.74) is 5.71. The Bertz CT molecular complexity index is 960. The lowest BCUT2D eigenvalue weighted by Crippen LogP contribution is -2.06. The average molecular weight is 368 g/mol. The maximum atomic E-state index is 11.9. The van der Waals surface area contributed by atoms with E-state index in [0.29, 0.717) is 5.56 Å². The fourth-order valence-corrected chi connectivity index (χ4v) is 3.45. The highest BCUT2D eigenvalue weighted by Crippen LogP contribution is 2.34. The molecular formula is C21H25N3OS. The van der Waals surface area contributed by atoms with Gasteiger partial charge in [0.05, 0.1) is 11.3 Å². The maximum Gasteiger partial charge on any atom is 0.258 e. The highest BCUT2D eigenvalue weighted by molar-refractivity contribution is 7.13. The molecule has 5 heteroatoms. The van der Waals surface area contributed by atoms with Gasteiger partial charge < -0.3 is 9.97 Å². The molecule has 0 amide bonds. The molecular weight excluding hydrogens is 342 g/mol. The van der Waals surface area contributed by atoms with E-state index in [1.165, 1.54) is 17.8 Å². The highest BCUT2D eigenvalue weighted by Gasteiger charge is 2.15. The molecule has 0 aliphatic rings. The number of aromatic nitrogens is 3. The van der Waals surface area contributed by atoms with Crippen LogP contribution in [-0.2, 0) is 0 Å². The van der Waals surface area contributed by atoms with E-state index in [1.807, 2.05) is 24.6 Å². The van der Waals surface area contributed by atoms with Crippen molar-refractivity contribution in [2.75, 3.05) is 0 Å². The zero-order valence-electron chi connectivity index (χ0n) is 15.7.